The quantitative estimate of drug-likeness (QED) is 0.875. The highest BCUT2D eigenvalue weighted by Gasteiger charge is 2.51. The van der Waals surface area contributed by atoms with Crippen LogP contribution in [0.2, 0.25) is 0 Å². The lowest BCUT2D eigenvalue weighted by molar-refractivity contribution is -0.138. The zero-order valence-corrected chi connectivity index (χ0v) is 13.3. The first kappa shape index (κ1) is 15.1. The average Bonchev–Trinajstić information content (AvgIpc) is 3.21. The molecule has 0 unspecified atom stereocenters. The number of carbonyl (C=O) groups is 1. The molecule has 0 spiro atoms. The Morgan fingerprint density at radius 3 is 2.83 bits per heavy atom. The number of benzene rings is 1. The number of nitrogens with zero attached hydrogens (tertiary/aromatic N) is 1. The summed E-state index contributed by atoms with van der Waals surface area (Å²) in [7, 11) is 0. The SMILES string of the molecule is NC1(C(=O)N2C[C@@H]3CNC[C@@H]3[C@@H]2c2cccc(F)c2)CCCC1. The minimum Gasteiger partial charge on any atom is -0.333 e. The summed E-state index contributed by atoms with van der Waals surface area (Å²) in [6.45, 7) is 2.54. The Kier molecular flexibility index (Phi) is 3.65. The van der Waals surface area contributed by atoms with E-state index in [4.69, 9.17) is 5.73 Å². The summed E-state index contributed by atoms with van der Waals surface area (Å²) in [6, 6.07) is 6.64. The monoisotopic (exact) mass is 317 g/mol. The third-order valence-electron chi connectivity index (χ3n) is 5.94. The molecule has 2 heterocycles. The van der Waals surface area contributed by atoms with Crippen LogP contribution in [0, 0.1) is 17.7 Å². The molecule has 1 aromatic carbocycles. The summed E-state index contributed by atoms with van der Waals surface area (Å²) in [5.74, 6) is 0.620. The summed E-state index contributed by atoms with van der Waals surface area (Å²) in [5.41, 5.74) is 6.61. The third-order valence-corrected chi connectivity index (χ3v) is 5.94. The molecule has 0 radical (unpaired) electrons. The van der Waals surface area contributed by atoms with Crippen molar-refractivity contribution < 1.29 is 9.18 Å². The molecule has 1 saturated carbocycles. The molecule has 3 fully saturated rings. The van der Waals surface area contributed by atoms with E-state index < -0.39 is 5.54 Å². The molecule has 0 aromatic heterocycles. The molecular weight excluding hydrogens is 293 g/mol. The van der Waals surface area contributed by atoms with Gasteiger partial charge in [-0.25, -0.2) is 4.39 Å². The summed E-state index contributed by atoms with van der Waals surface area (Å²) >= 11 is 0. The Hall–Kier alpha value is -1.46. The zero-order valence-electron chi connectivity index (χ0n) is 13.3. The summed E-state index contributed by atoms with van der Waals surface area (Å²) in [4.78, 5) is 15.1. The molecule has 3 atom stereocenters. The van der Waals surface area contributed by atoms with Crippen LogP contribution in [0.25, 0.3) is 0 Å². The van der Waals surface area contributed by atoms with Crippen molar-refractivity contribution in [2.45, 2.75) is 37.3 Å². The second kappa shape index (κ2) is 5.56. The highest BCUT2D eigenvalue weighted by molar-refractivity contribution is 5.87. The number of hydrogen-bond acceptors (Lipinski definition) is 3. The van der Waals surface area contributed by atoms with Gasteiger partial charge in [0, 0.05) is 25.6 Å². The Labute approximate surface area is 136 Å². The summed E-state index contributed by atoms with van der Waals surface area (Å²) in [6.07, 6.45) is 3.59. The van der Waals surface area contributed by atoms with Gasteiger partial charge in [-0.15, -0.1) is 0 Å². The van der Waals surface area contributed by atoms with Crippen molar-refractivity contribution >= 4 is 5.91 Å². The van der Waals surface area contributed by atoms with E-state index in [9.17, 15) is 9.18 Å². The van der Waals surface area contributed by atoms with Crippen LogP contribution < -0.4 is 11.1 Å². The molecule has 2 saturated heterocycles. The zero-order chi connectivity index (χ0) is 16.0. The van der Waals surface area contributed by atoms with E-state index in [-0.39, 0.29) is 17.8 Å². The molecule has 4 rings (SSSR count). The van der Waals surface area contributed by atoms with Crippen LogP contribution in [0.5, 0.6) is 0 Å². The number of nitrogens with one attached hydrogen (secondary N) is 1. The van der Waals surface area contributed by atoms with Gasteiger partial charge in [-0.1, -0.05) is 25.0 Å². The van der Waals surface area contributed by atoms with E-state index in [1.165, 1.54) is 6.07 Å². The third kappa shape index (κ3) is 2.46. The molecule has 3 N–H and O–H groups in total. The highest BCUT2D eigenvalue weighted by atomic mass is 19.1. The minimum atomic E-state index is -0.711. The Morgan fingerprint density at radius 1 is 1.30 bits per heavy atom. The van der Waals surface area contributed by atoms with Crippen molar-refractivity contribution in [3.8, 4) is 0 Å². The fourth-order valence-electron chi connectivity index (χ4n) is 4.75. The number of hydrogen-bond donors (Lipinski definition) is 2. The van der Waals surface area contributed by atoms with E-state index in [0.29, 0.717) is 11.8 Å². The van der Waals surface area contributed by atoms with Gasteiger partial charge >= 0.3 is 0 Å². The van der Waals surface area contributed by atoms with Crippen molar-refractivity contribution in [3.05, 3.63) is 35.6 Å². The predicted octanol–water partition coefficient (Wildman–Crippen LogP) is 1.82. The lowest BCUT2D eigenvalue weighted by atomic mass is 9.89. The second-order valence-electron chi connectivity index (χ2n) is 7.40. The Bertz CT molecular complexity index is 614. The summed E-state index contributed by atoms with van der Waals surface area (Å²) in [5, 5.41) is 3.41. The molecule has 1 amide bonds. The molecule has 5 heteroatoms. The van der Waals surface area contributed by atoms with Crippen molar-refractivity contribution in [2.75, 3.05) is 19.6 Å². The van der Waals surface area contributed by atoms with Gasteiger partial charge in [-0.3, -0.25) is 4.79 Å². The lowest BCUT2D eigenvalue weighted by Gasteiger charge is -2.34. The fourth-order valence-corrected chi connectivity index (χ4v) is 4.75. The molecular formula is C18H24FN3O. The highest BCUT2D eigenvalue weighted by Crippen LogP contribution is 2.44. The normalized spacial score (nSPS) is 32.3. The lowest BCUT2D eigenvalue weighted by Crippen LogP contribution is -2.54. The predicted molar refractivity (Wildman–Crippen MR) is 86.1 cm³/mol. The molecule has 1 aliphatic carbocycles. The molecule has 23 heavy (non-hydrogen) atoms. The van der Waals surface area contributed by atoms with Gasteiger partial charge in [0.1, 0.15) is 5.82 Å². The van der Waals surface area contributed by atoms with Crippen LogP contribution in [0.1, 0.15) is 37.3 Å². The topological polar surface area (TPSA) is 58.4 Å². The fraction of sp³-hybridized carbons (Fsp3) is 0.611. The van der Waals surface area contributed by atoms with Crippen LogP contribution in [0.4, 0.5) is 4.39 Å². The van der Waals surface area contributed by atoms with Crippen LogP contribution in [-0.4, -0.2) is 36.0 Å². The van der Waals surface area contributed by atoms with Gasteiger partial charge in [-0.2, -0.15) is 0 Å². The van der Waals surface area contributed by atoms with Crippen LogP contribution in [0.3, 0.4) is 0 Å². The Morgan fingerprint density at radius 2 is 2.09 bits per heavy atom. The van der Waals surface area contributed by atoms with Crippen LogP contribution >= 0.6 is 0 Å². The van der Waals surface area contributed by atoms with E-state index in [0.717, 1.165) is 50.9 Å². The van der Waals surface area contributed by atoms with E-state index >= 15 is 0 Å². The number of halogens is 1. The van der Waals surface area contributed by atoms with Gasteiger partial charge in [-0.05, 0) is 36.5 Å². The molecule has 1 aromatic rings. The van der Waals surface area contributed by atoms with Gasteiger partial charge in [0.25, 0.3) is 0 Å². The van der Waals surface area contributed by atoms with Crippen LogP contribution in [0.15, 0.2) is 24.3 Å². The maximum Gasteiger partial charge on any atom is 0.243 e. The van der Waals surface area contributed by atoms with E-state index in [1.807, 2.05) is 11.0 Å². The molecule has 124 valence electrons. The van der Waals surface area contributed by atoms with Gasteiger partial charge in [0.15, 0.2) is 0 Å². The number of rotatable bonds is 2. The first-order chi connectivity index (χ1) is 11.1. The minimum absolute atomic E-state index is 0.0563. The molecule has 0 bridgehead atoms. The number of carbonyl (C=O) groups excluding carboxylic acids is 1. The van der Waals surface area contributed by atoms with Crippen LogP contribution in [-0.2, 0) is 4.79 Å². The smallest absolute Gasteiger partial charge is 0.243 e. The van der Waals surface area contributed by atoms with Crippen molar-refractivity contribution in [2.24, 2.45) is 17.6 Å². The maximum atomic E-state index is 13.7. The summed E-state index contributed by atoms with van der Waals surface area (Å²) < 4.78 is 13.7. The van der Waals surface area contributed by atoms with E-state index in [1.54, 1.807) is 12.1 Å². The average molecular weight is 317 g/mol. The molecule has 4 nitrogen and oxygen atoms in total. The van der Waals surface area contributed by atoms with Crippen molar-refractivity contribution in [3.63, 3.8) is 0 Å². The largest absolute Gasteiger partial charge is 0.333 e. The first-order valence-corrected chi connectivity index (χ1v) is 8.65. The van der Waals surface area contributed by atoms with Crippen molar-refractivity contribution in [1.29, 1.82) is 0 Å². The first-order valence-electron chi connectivity index (χ1n) is 8.65. The standard InChI is InChI=1S/C18H24FN3O/c19-14-5-3-4-12(8-14)16-15-10-21-9-13(15)11-22(16)17(23)18(20)6-1-2-7-18/h3-5,8,13,15-16,21H,1-2,6-7,9-11,20H2/t13-,15-,16-/m0/s1. The number of amides is 1. The number of likely N-dealkylation sites (tertiary alicyclic amines) is 1. The van der Waals surface area contributed by atoms with Gasteiger partial charge in [0.2, 0.25) is 5.91 Å². The van der Waals surface area contributed by atoms with Crippen molar-refractivity contribution in [1.82, 2.24) is 10.2 Å². The van der Waals surface area contributed by atoms with E-state index in [2.05, 4.69) is 5.32 Å². The second-order valence-corrected chi connectivity index (χ2v) is 7.40. The Balaban J connectivity index is 1.68. The number of fused-ring (bicyclic) bond motifs is 1. The number of nitrogens with two attached hydrogens (primary N) is 1. The van der Waals surface area contributed by atoms with Gasteiger partial charge in [0.05, 0.1) is 11.6 Å². The molecule has 3 aliphatic rings. The van der Waals surface area contributed by atoms with Gasteiger partial charge < -0.3 is 16.0 Å². The maximum absolute atomic E-state index is 13.7. The molecule has 2 aliphatic heterocycles.